The van der Waals surface area contributed by atoms with Crippen molar-refractivity contribution in [2.24, 2.45) is 0 Å². The molecule has 0 saturated carbocycles. The van der Waals surface area contributed by atoms with Crippen LogP contribution in [0.5, 0.6) is 0 Å². The van der Waals surface area contributed by atoms with Gasteiger partial charge in [-0.1, -0.05) is 0 Å². The largest absolute Gasteiger partial charge is 0.483 e. The molecular weight excluding hydrogens is 299 g/mol. The van der Waals surface area contributed by atoms with Crippen LogP contribution in [0.3, 0.4) is 0 Å². The fraction of sp³-hybridized carbons (Fsp3) is 0. The van der Waals surface area contributed by atoms with Crippen molar-refractivity contribution in [2.75, 3.05) is 0 Å². The third kappa shape index (κ3) is 2880. The van der Waals surface area contributed by atoms with Crippen LogP contribution in [0.15, 0.2) is 0 Å². The summed E-state index contributed by atoms with van der Waals surface area (Å²) in [5, 5.41) is 20.7. The molecule has 0 aliphatic rings. The van der Waals surface area contributed by atoms with Gasteiger partial charge in [0.05, 0.1) is 0 Å². The number of rotatable bonds is 0. The maximum absolute atomic E-state index is 8.36. The maximum atomic E-state index is 8.36. The van der Waals surface area contributed by atoms with Gasteiger partial charge in [0, 0.05) is 37.3 Å². The molecule has 3 N–H and O–H groups in total. The summed E-state index contributed by atoms with van der Waals surface area (Å²) in [4.78, 5) is 25.1. The Labute approximate surface area is 86.1 Å². The van der Waals surface area contributed by atoms with E-state index in [1.54, 1.807) is 0 Å². The molecule has 0 amide bonds. The van der Waals surface area contributed by atoms with Gasteiger partial charge in [0.25, 0.3) is 19.4 Å². The summed E-state index contributed by atoms with van der Waals surface area (Å²) in [5.41, 5.74) is 0. The zero-order valence-corrected chi connectivity index (χ0v) is 6.44. The zero-order valence-electron chi connectivity index (χ0n) is 4.59. The second-order valence-corrected chi connectivity index (χ2v) is 0.316. The number of hydrogen-bond donors (Lipinski definition) is 3. The van der Waals surface area contributed by atoms with Crippen LogP contribution < -0.4 is 0 Å². The van der Waals surface area contributed by atoms with E-state index >= 15 is 0 Å². The average Bonchev–Trinajstić information content (AvgIpc) is 1.70. The van der Waals surface area contributed by atoms with E-state index < -0.39 is 0 Å². The van der Waals surface area contributed by atoms with E-state index in [1.807, 2.05) is 0 Å². The quantitative estimate of drug-likeness (QED) is 0.500. The number of carboxylic acid groups (broad SMARTS) is 3. The molecule has 0 fully saturated rings. The molecule has 0 bridgehead atoms. The Kier molecular flexibility index (Phi) is 163. The van der Waals surface area contributed by atoms with Gasteiger partial charge in [0.2, 0.25) is 0 Å². The Morgan fingerprint density at radius 2 is 0.700 bits per heavy atom. The molecule has 6 nitrogen and oxygen atoms in total. The van der Waals surface area contributed by atoms with Gasteiger partial charge in [-0.05, 0) is 0 Å². The molecule has 0 aromatic heterocycles. The third-order valence-corrected chi connectivity index (χ3v) is 0. The van der Waals surface area contributed by atoms with E-state index in [9.17, 15) is 0 Å². The number of hydrogen-bond acceptors (Lipinski definition) is 3. The Morgan fingerprint density at radius 1 is 0.700 bits per heavy atom. The predicted octanol–water partition coefficient (Wildman–Crippen LogP) is -0.898. The van der Waals surface area contributed by atoms with Gasteiger partial charge in [-0.25, -0.2) is 0 Å². The van der Waals surface area contributed by atoms with Crippen LogP contribution >= 0.6 is 0 Å². The van der Waals surface area contributed by atoms with Crippen LogP contribution in [0.25, 0.3) is 0 Å². The smallest absolute Gasteiger partial charge is 0.290 e. The summed E-state index contributed by atoms with van der Waals surface area (Å²) < 4.78 is 0. The first kappa shape index (κ1) is 22.6. The Balaban J connectivity index is -0.0000000257. The predicted molar refractivity (Wildman–Crippen MR) is 26.1 cm³/mol. The Bertz CT molecular complexity index is 49.7. The molecule has 0 unspecified atom stereocenters. The van der Waals surface area contributed by atoms with Crippen molar-refractivity contribution >= 4 is 19.4 Å². The van der Waals surface area contributed by atoms with Gasteiger partial charge in [0.15, 0.2) is 0 Å². The molecule has 0 aliphatic carbocycles. The molecule has 0 aliphatic heterocycles. The van der Waals surface area contributed by atoms with Crippen molar-refractivity contribution in [3.8, 4) is 0 Å². The summed E-state index contributed by atoms with van der Waals surface area (Å²) in [6.07, 6.45) is 0. The van der Waals surface area contributed by atoms with Gasteiger partial charge in [-0.2, -0.15) is 0 Å². The minimum Gasteiger partial charge on any atom is -0.483 e. The van der Waals surface area contributed by atoms with E-state index in [2.05, 4.69) is 0 Å². The second-order valence-electron chi connectivity index (χ2n) is 0.316. The molecule has 0 aromatic carbocycles. The number of carbonyl (C=O) groups is 3. The first-order chi connectivity index (χ1) is 4.24. The molecule has 0 atom stereocenters. The van der Waals surface area contributed by atoms with E-state index in [4.69, 9.17) is 29.7 Å². The molecule has 0 rings (SSSR count). The minimum absolute atomic E-state index is 0. The molecule has 0 saturated heterocycles. The van der Waals surface area contributed by atoms with Gasteiger partial charge < -0.3 is 15.3 Å². The van der Waals surface area contributed by atoms with Crippen LogP contribution in [-0.2, 0) is 14.4 Å². The third-order valence-electron chi connectivity index (χ3n) is 0. The standard InChI is InChI=1S/3CH2O2.Er/c3*2-1-3;/h3*1H,(H,2,3);. The van der Waals surface area contributed by atoms with Crippen molar-refractivity contribution in [3.05, 3.63) is 0 Å². The van der Waals surface area contributed by atoms with Crippen LogP contribution in [0.2, 0.25) is 0 Å². The Hall–Kier alpha value is -0.343. The van der Waals surface area contributed by atoms with Gasteiger partial charge in [0.1, 0.15) is 0 Å². The van der Waals surface area contributed by atoms with Crippen LogP contribution in [-0.4, -0.2) is 34.7 Å². The topological polar surface area (TPSA) is 112 Å². The average molecular weight is 305 g/mol. The summed E-state index contributed by atoms with van der Waals surface area (Å²) in [7, 11) is 0. The van der Waals surface area contributed by atoms with E-state index in [0.717, 1.165) is 0 Å². The van der Waals surface area contributed by atoms with Crippen molar-refractivity contribution in [1.29, 1.82) is 0 Å². The first-order valence-corrected chi connectivity index (χ1v) is 1.48. The van der Waals surface area contributed by atoms with Crippen molar-refractivity contribution in [2.45, 2.75) is 0 Å². The van der Waals surface area contributed by atoms with Gasteiger partial charge in [-0.3, -0.25) is 14.4 Å². The van der Waals surface area contributed by atoms with Crippen molar-refractivity contribution in [1.82, 2.24) is 0 Å². The minimum atomic E-state index is -0.250. The van der Waals surface area contributed by atoms with E-state index in [0.29, 0.717) is 0 Å². The summed E-state index contributed by atoms with van der Waals surface area (Å²) in [6.45, 7) is -0.750. The van der Waals surface area contributed by atoms with Crippen molar-refractivity contribution < 1.29 is 67.0 Å². The van der Waals surface area contributed by atoms with E-state index in [1.165, 1.54) is 0 Å². The molecule has 0 spiro atoms. The molecule has 0 aromatic rings. The molecule has 0 heterocycles. The fourth-order valence-electron chi connectivity index (χ4n) is 0. The van der Waals surface area contributed by atoms with Crippen LogP contribution in [0.1, 0.15) is 0 Å². The summed E-state index contributed by atoms with van der Waals surface area (Å²) >= 11 is 0. The monoisotopic (exact) mass is 304 g/mol. The normalized spacial score (nSPS) is 3.60. The van der Waals surface area contributed by atoms with E-state index in [-0.39, 0.29) is 56.7 Å². The fourth-order valence-corrected chi connectivity index (χ4v) is 0. The van der Waals surface area contributed by atoms with Crippen LogP contribution in [0.4, 0.5) is 0 Å². The van der Waals surface area contributed by atoms with Gasteiger partial charge >= 0.3 is 0 Å². The molecule has 10 heavy (non-hydrogen) atoms. The molecule has 7 heteroatoms. The van der Waals surface area contributed by atoms with Gasteiger partial charge in [-0.15, -0.1) is 0 Å². The Morgan fingerprint density at radius 3 is 0.700 bits per heavy atom. The maximum Gasteiger partial charge on any atom is 0.290 e. The zero-order chi connectivity index (χ0) is 8.12. The van der Waals surface area contributed by atoms with Crippen molar-refractivity contribution in [3.63, 3.8) is 0 Å². The first-order valence-electron chi connectivity index (χ1n) is 1.48. The summed E-state index contributed by atoms with van der Waals surface area (Å²) in [5.74, 6) is 0. The second kappa shape index (κ2) is 71.9. The SMILES string of the molecule is O=CO.O=CO.O=CO.[Er]. The molecule has 0 radical (unpaired) electrons. The van der Waals surface area contributed by atoms with Crippen LogP contribution in [0, 0.1) is 37.3 Å². The summed E-state index contributed by atoms with van der Waals surface area (Å²) in [6, 6.07) is 0. The molecular formula is C3H6ErO6. The molecule has 66 valence electrons.